The van der Waals surface area contributed by atoms with Crippen LogP contribution in [0.5, 0.6) is 5.75 Å². The summed E-state index contributed by atoms with van der Waals surface area (Å²) in [6, 6.07) is 4.40. The Bertz CT molecular complexity index is 449. The van der Waals surface area contributed by atoms with Gasteiger partial charge < -0.3 is 14.7 Å². The van der Waals surface area contributed by atoms with Crippen molar-refractivity contribution in [2.24, 2.45) is 5.92 Å². The molecule has 0 aliphatic carbocycles. The fourth-order valence-corrected chi connectivity index (χ4v) is 2.05. The molecular formula is C12H13BrFNO3. The molecular weight excluding hydrogens is 305 g/mol. The molecule has 1 aromatic rings. The zero-order valence-electron chi connectivity index (χ0n) is 9.60. The van der Waals surface area contributed by atoms with Crippen LogP contribution in [0.2, 0.25) is 0 Å². The van der Waals surface area contributed by atoms with Gasteiger partial charge in [0.05, 0.1) is 0 Å². The summed E-state index contributed by atoms with van der Waals surface area (Å²) in [7, 11) is 0. The standard InChI is InChI=1S/C12H13BrFNO3/c13-9-1-2-11(10(14)3-9)18-7-12(17)15-4-8(5-15)6-16/h1-3,8,16H,4-7H2. The van der Waals surface area contributed by atoms with Gasteiger partial charge in [0.15, 0.2) is 18.2 Å². The Morgan fingerprint density at radius 2 is 2.28 bits per heavy atom. The van der Waals surface area contributed by atoms with Gasteiger partial charge in [-0.25, -0.2) is 4.39 Å². The van der Waals surface area contributed by atoms with Gasteiger partial charge in [-0.1, -0.05) is 15.9 Å². The van der Waals surface area contributed by atoms with Crippen LogP contribution in [-0.4, -0.2) is 42.2 Å². The fourth-order valence-electron chi connectivity index (χ4n) is 1.71. The Hall–Kier alpha value is -1.14. The third-order valence-electron chi connectivity index (χ3n) is 2.81. The molecule has 18 heavy (non-hydrogen) atoms. The van der Waals surface area contributed by atoms with Crippen LogP contribution in [-0.2, 0) is 4.79 Å². The highest BCUT2D eigenvalue weighted by Crippen LogP contribution is 2.22. The third kappa shape index (κ3) is 3.00. The minimum absolute atomic E-state index is 0.0609. The van der Waals surface area contributed by atoms with E-state index in [-0.39, 0.29) is 30.8 Å². The molecule has 1 heterocycles. The van der Waals surface area contributed by atoms with Gasteiger partial charge in [-0.2, -0.15) is 0 Å². The van der Waals surface area contributed by atoms with Crippen molar-refractivity contribution in [1.82, 2.24) is 4.90 Å². The van der Waals surface area contributed by atoms with Crippen LogP contribution in [0.25, 0.3) is 0 Å². The second-order valence-electron chi connectivity index (χ2n) is 4.21. The lowest BCUT2D eigenvalue weighted by atomic mass is 10.0. The van der Waals surface area contributed by atoms with Crippen molar-refractivity contribution in [3.63, 3.8) is 0 Å². The van der Waals surface area contributed by atoms with Crippen LogP contribution in [0.1, 0.15) is 0 Å². The molecule has 0 atom stereocenters. The van der Waals surface area contributed by atoms with Crippen LogP contribution in [0.4, 0.5) is 4.39 Å². The number of benzene rings is 1. The average molecular weight is 318 g/mol. The van der Waals surface area contributed by atoms with E-state index in [9.17, 15) is 9.18 Å². The highest BCUT2D eigenvalue weighted by Gasteiger charge is 2.29. The molecule has 1 saturated heterocycles. The number of rotatable bonds is 4. The Labute approximate surface area is 112 Å². The molecule has 0 aromatic heterocycles. The second kappa shape index (κ2) is 5.67. The number of halogens is 2. The van der Waals surface area contributed by atoms with Gasteiger partial charge in [-0.15, -0.1) is 0 Å². The van der Waals surface area contributed by atoms with Crippen LogP contribution < -0.4 is 4.74 Å². The topological polar surface area (TPSA) is 49.8 Å². The maximum absolute atomic E-state index is 13.4. The highest BCUT2D eigenvalue weighted by molar-refractivity contribution is 9.10. The SMILES string of the molecule is O=C(COc1ccc(Br)cc1F)N1CC(CO)C1. The van der Waals surface area contributed by atoms with E-state index in [2.05, 4.69) is 15.9 Å². The summed E-state index contributed by atoms with van der Waals surface area (Å²) < 4.78 is 19.1. The van der Waals surface area contributed by atoms with Crippen LogP contribution in [0, 0.1) is 11.7 Å². The Balaban J connectivity index is 1.83. The van der Waals surface area contributed by atoms with Gasteiger partial charge in [0.1, 0.15) is 0 Å². The summed E-state index contributed by atoms with van der Waals surface area (Å²) in [5.74, 6) is -0.472. The number of nitrogens with zero attached hydrogens (tertiary/aromatic N) is 1. The van der Waals surface area contributed by atoms with Crippen LogP contribution in [0.15, 0.2) is 22.7 Å². The molecule has 0 unspecified atom stereocenters. The second-order valence-corrected chi connectivity index (χ2v) is 5.13. The molecule has 1 aliphatic rings. The molecule has 0 radical (unpaired) electrons. The monoisotopic (exact) mass is 317 g/mol. The van der Waals surface area contributed by atoms with E-state index in [0.29, 0.717) is 17.6 Å². The number of carbonyl (C=O) groups is 1. The lowest BCUT2D eigenvalue weighted by Gasteiger charge is -2.38. The number of hydrogen-bond acceptors (Lipinski definition) is 3. The van der Waals surface area contributed by atoms with E-state index in [1.807, 2.05) is 0 Å². The molecule has 0 saturated carbocycles. The van der Waals surface area contributed by atoms with Crippen molar-refractivity contribution in [3.8, 4) is 5.75 Å². The Morgan fingerprint density at radius 3 is 2.89 bits per heavy atom. The molecule has 1 fully saturated rings. The molecule has 1 aromatic carbocycles. The van der Waals surface area contributed by atoms with Gasteiger partial charge >= 0.3 is 0 Å². The average Bonchev–Trinajstić information content (AvgIpc) is 2.26. The first kappa shape index (κ1) is 13.3. The van der Waals surface area contributed by atoms with Gasteiger partial charge in [0, 0.05) is 30.1 Å². The van der Waals surface area contributed by atoms with Crippen molar-refractivity contribution in [1.29, 1.82) is 0 Å². The zero-order chi connectivity index (χ0) is 13.1. The third-order valence-corrected chi connectivity index (χ3v) is 3.31. The molecule has 2 rings (SSSR count). The van der Waals surface area contributed by atoms with Crippen LogP contribution in [0.3, 0.4) is 0 Å². The molecule has 1 N–H and O–H groups in total. The Kier molecular flexibility index (Phi) is 4.19. The summed E-state index contributed by atoms with van der Waals surface area (Å²) >= 11 is 3.14. The van der Waals surface area contributed by atoms with Crippen molar-refractivity contribution < 1.29 is 19.0 Å². The predicted molar refractivity (Wildman–Crippen MR) is 66.8 cm³/mol. The summed E-state index contributed by atoms with van der Waals surface area (Å²) in [5.41, 5.74) is 0. The van der Waals surface area contributed by atoms with Crippen LogP contribution >= 0.6 is 15.9 Å². The number of carbonyl (C=O) groups excluding carboxylic acids is 1. The lowest BCUT2D eigenvalue weighted by Crippen LogP contribution is -2.52. The highest BCUT2D eigenvalue weighted by atomic mass is 79.9. The number of likely N-dealkylation sites (tertiary alicyclic amines) is 1. The van der Waals surface area contributed by atoms with Gasteiger partial charge in [0.2, 0.25) is 0 Å². The minimum Gasteiger partial charge on any atom is -0.481 e. The summed E-state index contributed by atoms with van der Waals surface area (Å²) in [5, 5.41) is 8.83. The van der Waals surface area contributed by atoms with Crippen molar-refractivity contribution in [2.75, 3.05) is 26.3 Å². The summed E-state index contributed by atoms with van der Waals surface area (Å²) in [6.45, 7) is 0.992. The van der Waals surface area contributed by atoms with Gasteiger partial charge in [-0.05, 0) is 18.2 Å². The smallest absolute Gasteiger partial charge is 0.260 e. The van der Waals surface area contributed by atoms with Gasteiger partial charge in [0.25, 0.3) is 5.91 Å². The minimum atomic E-state index is -0.506. The zero-order valence-corrected chi connectivity index (χ0v) is 11.2. The molecule has 6 heteroatoms. The van der Waals surface area contributed by atoms with Crippen molar-refractivity contribution in [2.45, 2.75) is 0 Å². The van der Waals surface area contributed by atoms with Crippen molar-refractivity contribution >= 4 is 21.8 Å². The van der Waals surface area contributed by atoms with E-state index < -0.39 is 5.82 Å². The van der Waals surface area contributed by atoms with E-state index in [1.165, 1.54) is 12.1 Å². The maximum atomic E-state index is 13.4. The van der Waals surface area contributed by atoms with E-state index in [4.69, 9.17) is 9.84 Å². The molecule has 0 bridgehead atoms. The largest absolute Gasteiger partial charge is 0.481 e. The molecule has 98 valence electrons. The molecule has 1 amide bonds. The molecule has 4 nitrogen and oxygen atoms in total. The fraction of sp³-hybridized carbons (Fsp3) is 0.417. The Morgan fingerprint density at radius 1 is 1.56 bits per heavy atom. The molecule has 0 spiro atoms. The first-order valence-corrected chi connectivity index (χ1v) is 6.36. The summed E-state index contributed by atoms with van der Waals surface area (Å²) in [6.07, 6.45) is 0. The number of amides is 1. The summed E-state index contributed by atoms with van der Waals surface area (Å²) in [4.78, 5) is 13.2. The first-order chi connectivity index (χ1) is 8.60. The normalized spacial score (nSPS) is 15.4. The first-order valence-electron chi connectivity index (χ1n) is 5.56. The maximum Gasteiger partial charge on any atom is 0.260 e. The van der Waals surface area contributed by atoms with E-state index >= 15 is 0 Å². The number of hydrogen-bond donors (Lipinski definition) is 1. The van der Waals surface area contributed by atoms with E-state index in [1.54, 1.807) is 11.0 Å². The number of aliphatic hydroxyl groups is 1. The number of aliphatic hydroxyl groups excluding tert-OH is 1. The van der Waals surface area contributed by atoms with E-state index in [0.717, 1.165) is 0 Å². The quantitative estimate of drug-likeness (QED) is 0.913. The predicted octanol–water partition coefficient (Wildman–Crippen LogP) is 1.42. The van der Waals surface area contributed by atoms with Gasteiger partial charge in [-0.3, -0.25) is 4.79 Å². The number of ether oxygens (including phenoxy) is 1. The lowest BCUT2D eigenvalue weighted by molar-refractivity contribution is -0.140. The van der Waals surface area contributed by atoms with Crippen molar-refractivity contribution in [3.05, 3.63) is 28.5 Å². The molecule has 1 aliphatic heterocycles.